The zero-order chi connectivity index (χ0) is 13.7. The van der Waals surface area contributed by atoms with Crippen LogP contribution in [-0.4, -0.2) is 18.2 Å². The molecule has 0 aliphatic heterocycles. The molecule has 0 aromatic heterocycles. The maximum absolute atomic E-state index is 10.8. The Balaban J connectivity index is 3.34. The second-order valence-electron chi connectivity index (χ2n) is 4.48. The summed E-state index contributed by atoms with van der Waals surface area (Å²) in [4.78, 5) is 10.8. The van der Waals surface area contributed by atoms with Crippen LogP contribution in [0.15, 0.2) is 24.3 Å². The Morgan fingerprint density at radius 1 is 1.44 bits per heavy atom. The molecule has 0 bridgehead atoms. The standard InChI is InChI=1S/C15H20O3/c1-5-11(9-15(16)17)13-8-12(10(2)3)6-7-14(13)18-4/h6-10H,5H2,1-4H3,(H,16,17)/b11-9+. The molecule has 3 nitrogen and oxygen atoms in total. The van der Waals surface area contributed by atoms with Gasteiger partial charge >= 0.3 is 5.97 Å². The fraction of sp³-hybridized carbons (Fsp3) is 0.400. The summed E-state index contributed by atoms with van der Waals surface area (Å²) in [7, 11) is 1.60. The summed E-state index contributed by atoms with van der Waals surface area (Å²) >= 11 is 0. The lowest BCUT2D eigenvalue weighted by atomic mass is 9.95. The van der Waals surface area contributed by atoms with Gasteiger partial charge in [0.05, 0.1) is 7.11 Å². The lowest BCUT2D eigenvalue weighted by Crippen LogP contribution is -1.98. The summed E-state index contributed by atoms with van der Waals surface area (Å²) in [6, 6.07) is 5.93. The monoisotopic (exact) mass is 248 g/mol. The first-order valence-corrected chi connectivity index (χ1v) is 6.11. The SMILES string of the molecule is CC/C(=C\C(=O)O)c1cc(C(C)C)ccc1OC. The van der Waals surface area contributed by atoms with Crippen molar-refractivity contribution in [2.45, 2.75) is 33.1 Å². The number of aliphatic carboxylic acids is 1. The molecule has 1 rings (SSSR count). The van der Waals surface area contributed by atoms with Gasteiger partial charge < -0.3 is 9.84 Å². The molecule has 0 saturated heterocycles. The number of methoxy groups -OCH3 is 1. The Labute approximate surface area is 108 Å². The minimum atomic E-state index is -0.927. The van der Waals surface area contributed by atoms with Gasteiger partial charge in [0.1, 0.15) is 5.75 Å². The number of ether oxygens (including phenoxy) is 1. The summed E-state index contributed by atoms with van der Waals surface area (Å²) in [5, 5.41) is 8.90. The highest BCUT2D eigenvalue weighted by atomic mass is 16.5. The molecule has 0 radical (unpaired) electrons. The first-order valence-electron chi connectivity index (χ1n) is 6.11. The first kappa shape index (κ1) is 14.3. The number of hydrogen-bond donors (Lipinski definition) is 1. The van der Waals surface area contributed by atoms with Crippen LogP contribution in [0.1, 0.15) is 44.2 Å². The van der Waals surface area contributed by atoms with E-state index in [9.17, 15) is 4.79 Å². The maximum atomic E-state index is 10.8. The van der Waals surface area contributed by atoms with Crippen LogP contribution in [0, 0.1) is 0 Å². The van der Waals surface area contributed by atoms with E-state index in [0.717, 1.165) is 11.1 Å². The minimum Gasteiger partial charge on any atom is -0.496 e. The quantitative estimate of drug-likeness (QED) is 0.808. The van der Waals surface area contributed by atoms with Gasteiger partial charge in [-0.05, 0) is 35.6 Å². The largest absolute Gasteiger partial charge is 0.496 e. The fourth-order valence-corrected chi connectivity index (χ4v) is 1.85. The van der Waals surface area contributed by atoms with E-state index >= 15 is 0 Å². The molecular weight excluding hydrogens is 228 g/mol. The van der Waals surface area contributed by atoms with Gasteiger partial charge in [0.2, 0.25) is 0 Å². The number of carbonyl (C=O) groups is 1. The van der Waals surface area contributed by atoms with Gasteiger partial charge in [-0.1, -0.05) is 26.8 Å². The molecule has 3 heteroatoms. The topological polar surface area (TPSA) is 46.5 Å². The van der Waals surface area contributed by atoms with Crippen LogP contribution in [0.4, 0.5) is 0 Å². The van der Waals surface area contributed by atoms with Crippen molar-refractivity contribution < 1.29 is 14.6 Å². The fourth-order valence-electron chi connectivity index (χ4n) is 1.85. The highest BCUT2D eigenvalue weighted by molar-refractivity contribution is 5.91. The Morgan fingerprint density at radius 2 is 2.11 bits per heavy atom. The summed E-state index contributed by atoms with van der Waals surface area (Å²) < 4.78 is 5.31. The molecule has 0 amide bonds. The number of carboxylic acids is 1. The van der Waals surface area contributed by atoms with Crippen molar-refractivity contribution in [1.82, 2.24) is 0 Å². The van der Waals surface area contributed by atoms with Gasteiger partial charge in [0.15, 0.2) is 0 Å². The highest BCUT2D eigenvalue weighted by Crippen LogP contribution is 2.31. The second-order valence-corrected chi connectivity index (χ2v) is 4.48. The zero-order valence-corrected chi connectivity index (χ0v) is 11.4. The lowest BCUT2D eigenvalue weighted by Gasteiger charge is -2.14. The predicted octanol–water partition coefficient (Wildman–Crippen LogP) is 3.70. The van der Waals surface area contributed by atoms with Crippen molar-refractivity contribution in [1.29, 1.82) is 0 Å². The Hall–Kier alpha value is -1.77. The van der Waals surface area contributed by atoms with E-state index in [0.29, 0.717) is 18.1 Å². The molecule has 0 fully saturated rings. The second kappa shape index (κ2) is 6.24. The Bertz CT molecular complexity index is 459. The Kier molecular flexibility index (Phi) is 4.95. The van der Waals surface area contributed by atoms with Gasteiger partial charge in [0, 0.05) is 11.6 Å². The third-order valence-corrected chi connectivity index (χ3v) is 2.91. The van der Waals surface area contributed by atoms with Crippen LogP contribution in [0.2, 0.25) is 0 Å². The summed E-state index contributed by atoms with van der Waals surface area (Å²) in [6.07, 6.45) is 1.91. The molecular formula is C15H20O3. The van der Waals surface area contributed by atoms with E-state index in [4.69, 9.17) is 9.84 Å². The first-order chi connectivity index (χ1) is 8.49. The van der Waals surface area contributed by atoms with Crippen molar-refractivity contribution in [3.63, 3.8) is 0 Å². The molecule has 1 aromatic carbocycles. The number of benzene rings is 1. The van der Waals surface area contributed by atoms with Crippen LogP contribution in [0.25, 0.3) is 5.57 Å². The van der Waals surface area contributed by atoms with Crippen LogP contribution in [0.5, 0.6) is 5.75 Å². The Morgan fingerprint density at radius 3 is 2.56 bits per heavy atom. The van der Waals surface area contributed by atoms with E-state index in [-0.39, 0.29) is 0 Å². The normalized spacial score (nSPS) is 11.7. The van der Waals surface area contributed by atoms with Gasteiger partial charge in [0.25, 0.3) is 0 Å². The van der Waals surface area contributed by atoms with Crippen LogP contribution in [-0.2, 0) is 4.79 Å². The van der Waals surface area contributed by atoms with E-state index < -0.39 is 5.97 Å². The van der Waals surface area contributed by atoms with Crippen LogP contribution < -0.4 is 4.74 Å². The molecule has 0 aliphatic carbocycles. The van der Waals surface area contributed by atoms with Crippen molar-refractivity contribution in [2.24, 2.45) is 0 Å². The van der Waals surface area contributed by atoms with E-state index in [1.165, 1.54) is 11.6 Å². The molecule has 1 aromatic rings. The zero-order valence-electron chi connectivity index (χ0n) is 11.4. The maximum Gasteiger partial charge on any atom is 0.328 e. The summed E-state index contributed by atoms with van der Waals surface area (Å²) in [6.45, 7) is 6.16. The van der Waals surface area contributed by atoms with Crippen molar-refractivity contribution in [3.8, 4) is 5.75 Å². The van der Waals surface area contributed by atoms with E-state index in [1.54, 1.807) is 7.11 Å². The van der Waals surface area contributed by atoms with Crippen LogP contribution in [0.3, 0.4) is 0 Å². The molecule has 0 aliphatic rings. The smallest absolute Gasteiger partial charge is 0.328 e. The molecule has 0 atom stereocenters. The summed E-state index contributed by atoms with van der Waals surface area (Å²) in [5.74, 6) is 0.190. The lowest BCUT2D eigenvalue weighted by molar-refractivity contribution is -0.131. The number of carboxylic acid groups (broad SMARTS) is 1. The van der Waals surface area contributed by atoms with Gasteiger partial charge in [-0.25, -0.2) is 4.79 Å². The van der Waals surface area contributed by atoms with E-state index in [2.05, 4.69) is 13.8 Å². The van der Waals surface area contributed by atoms with Crippen molar-refractivity contribution in [3.05, 3.63) is 35.4 Å². The van der Waals surface area contributed by atoms with Gasteiger partial charge in [-0.15, -0.1) is 0 Å². The van der Waals surface area contributed by atoms with E-state index in [1.807, 2.05) is 25.1 Å². The van der Waals surface area contributed by atoms with Gasteiger partial charge in [-0.2, -0.15) is 0 Å². The van der Waals surface area contributed by atoms with Crippen molar-refractivity contribution in [2.75, 3.05) is 7.11 Å². The molecule has 0 spiro atoms. The molecule has 98 valence electrons. The molecule has 18 heavy (non-hydrogen) atoms. The third-order valence-electron chi connectivity index (χ3n) is 2.91. The van der Waals surface area contributed by atoms with Crippen molar-refractivity contribution >= 4 is 11.5 Å². The average Bonchev–Trinajstić information content (AvgIpc) is 2.34. The molecule has 0 unspecified atom stereocenters. The number of allylic oxidation sites excluding steroid dienone is 1. The van der Waals surface area contributed by atoms with Gasteiger partial charge in [-0.3, -0.25) is 0 Å². The minimum absolute atomic E-state index is 0.401. The predicted molar refractivity (Wildman–Crippen MR) is 73.0 cm³/mol. The van der Waals surface area contributed by atoms with Crippen LogP contribution >= 0.6 is 0 Å². The molecule has 0 saturated carbocycles. The number of rotatable bonds is 5. The summed E-state index contributed by atoms with van der Waals surface area (Å²) in [5.41, 5.74) is 2.82. The third kappa shape index (κ3) is 3.36. The molecule has 1 N–H and O–H groups in total. The number of hydrogen-bond acceptors (Lipinski definition) is 2. The average molecular weight is 248 g/mol. The highest BCUT2D eigenvalue weighted by Gasteiger charge is 2.11. The molecule has 0 heterocycles.